The molecule has 0 saturated heterocycles. The SMILES string of the molecule is CC1=C(CCC=O)[C@H](Cl)[C@H]1Cl. The molecule has 0 aromatic carbocycles. The summed E-state index contributed by atoms with van der Waals surface area (Å²) in [6, 6.07) is 0. The van der Waals surface area contributed by atoms with Crippen LogP contribution in [0, 0.1) is 0 Å². The van der Waals surface area contributed by atoms with E-state index in [9.17, 15) is 4.79 Å². The molecule has 1 rings (SSSR count). The van der Waals surface area contributed by atoms with Gasteiger partial charge in [-0.05, 0) is 18.9 Å². The van der Waals surface area contributed by atoms with Crippen LogP contribution in [0.25, 0.3) is 0 Å². The van der Waals surface area contributed by atoms with Crippen LogP contribution in [-0.2, 0) is 4.79 Å². The highest BCUT2D eigenvalue weighted by atomic mass is 35.5. The summed E-state index contributed by atoms with van der Waals surface area (Å²) in [4.78, 5) is 10.0. The van der Waals surface area contributed by atoms with E-state index in [1.807, 2.05) is 6.92 Å². The van der Waals surface area contributed by atoms with Crippen LogP contribution in [0.15, 0.2) is 11.1 Å². The maximum atomic E-state index is 10.0. The predicted molar refractivity (Wildman–Crippen MR) is 47.3 cm³/mol. The fraction of sp³-hybridized carbons (Fsp3) is 0.625. The van der Waals surface area contributed by atoms with E-state index in [0.29, 0.717) is 6.42 Å². The molecular weight excluding hydrogens is 183 g/mol. The van der Waals surface area contributed by atoms with Crippen molar-refractivity contribution in [3.8, 4) is 0 Å². The largest absolute Gasteiger partial charge is 0.303 e. The third kappa shape index (κ3) is 1.60. The maximum absolute atomic E-state index is 10.0. The number of alkyl halides is 2. The van der Waals surface area contributed by atoms with Crippen LogP contribution in [-0.4, -0.2) is 17.0 Å². The van der Waals surface area contributed by atoms with Gasteiger partial charge in [0, 0.05) is 6.42 Å². The Labute approximate surface area is 76.4 Å². The molecule has 0 heterocycles. The lowest BCUT2D eigenvalue weighted by atomic mass is 9.85. The molecule has 3 heteroatoms. The lowest BCUT2D eigenvalue weighted by Gasteiger charge is -2.32. The van der Waals surface area contributed by atoms with Crippen molar-refractivity contribution in [3.63, 3.8) is 0 Å². The topological polar surface area (TPSA) is 17.1 Å². The van der Waals surface area contributed by atoms with Crippen molar-refractivity contribution in [2.45, 2.75) is 30.5 Å². The van der Waals surface area contributed by atoms with E-state index in [-0.39, 0.29) is 10.8 Å². The summed E-state index contributed by atoms with van der Waals surface area (Å²) in [5.74, 6) is 0. The number of allylic oxidation sites excluding steroid dienone is 2. The molecule has 2 atom stereocenters. The molecule has 0 spiro atoms. The van der Waals surface area contributed by atoms with Gasteiger partial charge >= 0.3 is 0 Å². The van der Waals surface area contributed by atoms with E-state index in [1.165, 1.54) is 0 Å². The van der Waals surface area contributed by atoms with Crippen LogP contribution in [0.5, 0.6) is 0 Å². The minimum Gasteiger partial charge on any atom is -0.303 e. The van der Waals surface area contributed by atoms with E-state index in [1.54, 1.807) is 0 Å². The second-order valence-corrected chi connectivity index (χ2v) is 3.66. The van der Waals surface area contributed by atoms with Gasteiger partial charge in [-0.2, -0.15) is 0 Å². The Morgan fingerprint density at radius 1 is 1.45 bits per heavy atom. The van der Waals surface area contributed by atoms with E-state index >= 15 is 0 Å². The number of hydrogen-bond acceptors (Lipinski definition) is 1. The zero-order chi connectivity index (χ0) is 8.43. The van der Waals surface area contributed by atoms with Gasteiger partial charge in [0.15, 0.2) is 0 Å². The third-order valence-electron chi connectivity index (χ3n) is 2.04. The molecular formula is C8H10Cl2O. The number of hydrogen-bond donors (Lipinski definition) is 0. The molecule has 0 saturated carbocycles. The number of carbonyl (C=O) groups excluding carboxylic acids is 1. The van der Waals surface area contributed by atoms with Gasteiger partial charge in [0.2, 0.25) is 0 Å². The minimum atomic E-state index is -0.0448. The molecule has 1 aliphatic carbocycles. The van der Waals surface area contributed by atoms with Crippen molar-refractivity contribution in [1.82, 2.24) is 0 Å². The van der Waals surface area contributed by atoms with Gasteiger partial charge in [0.25, 0.3) is 0 Å². The Morgan fingerprint density at radius 2 is 2.09 bits per heavy atom. The van der Waals surface area contributed by atoms with Crippen LogP contribution in [0.2, 0.25) is 0 Å². The smallest absolute Gasteiger partial charge is 0.120 e. The van der Waals surface area contributed by atoms with E-state index in [4.69, 9.17) is 23.2 Å². The lowest BCUT2D eigenvalue weighted by Crippen LogP contribution is -2.31. The fourth-order valence-corrected chi connectivity index (χ4v) is 2.01. The summed E-state index contributed by atoms with van der Waals surface area (Å²) in [7, 11) is 0. The average Bonchev–Trinajstić information content (AvgIpc) is 2.04. The van der Waals surface area contributed by atoms with E-state index in [2.05, 4.69) is 0 Å². The molecule has 0 bridgehead atoms. The molecule has 1 nitrogen and oxygen atoms in total. The number of halogens is 2. The summed E-state index contributed by atoms with van der Waals surface area (Å²) in [6.07, 6.45) is 2.23. The van der Waals surface area contributed by atoms with Gasteiger partial charge in [-0.15, -0.1) is 23.2 Å². The Balaban J connectivity index is 2.52. The highest BCUT2D eigenvalue weighted by Gasteiger charge is 2.33. The molecule has 0 aromatic rings. The number of carbonyl (C=O) groups is 1. The minimum absolute atomic E-state index is 0.0154. The molecule has 0 radical (unpaired) electrons. The molecule has 62 valence electrons. The van der Waals surface area contributed by atoms with Gasteiger partial charge in [-0.1, -0.05) is 5.57 Å². The summed E-state index contributed by atoms with van der Waals surface area (Å²) < 4.78 is 0. The third-order valence-corrected chi connectivity index (χ3v) is 3.27. The van der Waals surface area contributed by atoms with Crippen molar-refractivity contribution in [1.29, 1.82) is 0 Å². The normalized spacial score (nSPS) is 30.1. The van der Waals surface area contributed by atoms with Crippen LogP contribution in [0.3, 0.4) is 0 Å². The Bertz CT molecular complexity index is 198. The van der Waals surface area contributed by atoms with Crippen LogP contribution in [0.4, 0.5) is 0 Å². The van der Waals surface area contributed by atoms with Crippen LogP contribution < -0.4 is 0 Å². The van der Waals surface area contributed by atoms with E-state index in [0.717, 1.165) is 23.9 Å². The zero-order valence-electron chi connectivity index (χ0n) is 6.31. The van der Waals surface area contributed by atoms with Crippen molar-refractivity contribution < 1.29 is 4.79 Å². The molecule has 0 fully saturated rings. The van der Waals surface area contributed by atoms with E-state index < -0.39 is 0 Å². The highest BCUT2D eigenvalue weighted by Crippen LogP contribution is 2.39. The second kappa shape index (κ2) is 3.59. The van der Waals surface area contributed by atoms with Gasteiger partial charge in [-0.3, -0.25) is 0 Å². The molecule has 0 N–H and O–H groups in total. The van der Waals surface area contributed by atoms with Crippen molar-refractivity contribution >= 4 is 29.5 Å². The first-order chi connectivity index (χ1) is 5.18. The molecule has 11 heavy (non-hydrogen) atoms. The monoisotopic (exact) mass is 192 g/mol. The van der Waals surface area contributed by atoms with Gasteiger partial charge in [0.1, 0.15) is 6.29 Å². The highest BCUT2D eigenvalue weighted by molar-refractivity contribution is 6.34. The Hall–Kier alpha value is -0.0100. The quantitative estimate of drug-likeness (QED) is 0.382. The predicted octanol–water partition coefficient (Wildman–Crippen LogP) is 2.51. The van der Waals surface area contributed by atoms with Crippen LogP contribution in [0.1, 0.15) is 19.8 Å². The van der Waals surface area contributed by atoms with Crippen LogP contribution >= 0.6 is 23.2 Å². The fourth-order valence-electron chi connectivity index (χ4n) is 1.24. The molecule has 0 amide bonds. The standard InChI is InChI=1S/C8H10Cl2O/c1-5-6(3-2-4-11)8(10)7(5)9/h4,7-8H,2-3H2,1H3/t7-,8-/m0/s1. The summed E-state index contributed by atoms with van der Waals surface area (Å²) in [5.41, 5.74) is 2.30. The average molecular weight is 193 g/mol. The molecule has 0 aromatic heterocycles. The van der Waals surface area contributed by atoms with Gasteiger partial charge < -0.3 is 4.79 Å². The first-order valence-electron chi connectivity index (χ1n) is 3.59. The summed E-state index contributed by atoms with van der Waals surface area (Å²) >= 11 is 11.7. The second-order valence-electron chi connectivity index (χ2n) is 2.72. The summed E-state index contributed by atoms with van der Waals surface area (Å²) in [6.45, 7) is 1.97. The molecule has 0 unspecified atom stereocenters. The number of aldehydes is 1. The zero-order valence-corrected chi connectivity index (χ0v) is 7.82. The first kappa shape index (κ1) is 9.08. The van der Waals surface area contributed by atoms with Crippen molar-refractivity contribution in [3.05, 3.63) is 11.1 Å². The summed E-state index contributed by atoms with van der Waals surface area (Å²) in [5, 5.41) is -0.0602. The van der Waals surface area contributed by atoms with Gasteiger partial charge in [0.05, 0.1) is 10.8 Å². The lowest BCUT2D eigenvalue weighted by molar-refractivity contribution is -0.107. The Kier molecular flexibility index (Phi) is 2.97. The maximum Gasteiger partial charge on any atom is 0.120 e. The van der Waals surface area contributed by atoms with Crippen molar-refractivity contribution in [2.24, 2.45) is 0 Å². The Morgan fingerprint density at radius 3 is 2.55 bits per heavy atom. The molecule has 0 aliphatic heterocycles. The first-order valence-corrected chi connectivity index (χ1v) is 4.47. The van der Waals surface area contributed by atoms with Gasteiger partial charge in [-0.25, -0.2) is 0 Å². The number of rotatable bonds is 3. The molecule has 1 aliphatic rings. The van der Waals surface area contributed by atoms with Crippen molar-refractivity contribution in [2.75, 3.05) is 0 Å².